The summed E-state index contributed by atoms with van der Waals surface area (Å²) < 4.78 is 12.8. The molecule has 1 aromatic carbocycles. The first-order valence-corrected chi connectivity index (χ1v) is 6.90. The maximum Gasteiger partial charge on any atom is 0.205 e. The van der Waals surface area contributed by atoms with Crippen LogP contribution in [0.25, 0.3) is 0 Å². The molecule has 0 saturated heterocycles. The number of nitrogens with zero attached hydrogens (tertiary/aromatic N) is 2. The van der Waals surface area contributed by atoms with Crippen molar-refractivity contribution in [2.45, 2.75) is 26.2 Å². The molecule has 2 rings (SSSR count). The van der Waals surface area contributed by atoms with Gasteiger partial charge in [0, 0.05) is 13.0 Å². The minimum atomic E-state index is -0.210. The van der Waals surface area contributed by atoms with Crippen molar-refractivity contribution < 1.29 is 4.39 Å². The Bertz CT molecular complexity index is 481. The quantitative estimate of drug-likeness (QED) is 0.813. The maximum absolute atomic E-state index is 12.8. The number of hydrogen-bond acceptors (Lipinski definition) is 4. The molecule has 0 spiro atoms. The Hall–Kier alpha value is -1.49. The molecule has 96 valence electrons. The molecule has 0 unspecified atom stereocenters. The standard InChI is InChI=1S/C13H16FN3S/c1-2-3-8-15-13-17-16-12(18-13)9-10-4-6-11(14)7-5-10/h4-7H,2-3,8-9H2,1H3,(H,15,17). The van der Waals surface area contributed by atoms with Gasteiger partial charge in [0.15, 0.2) is 0 Å². The number of hydrogen-bond donors (Lipinski definition) is 1. The van der Waals surface area contributed by atoms with Crippen LogP contribution in [-0.4, -0.2) is 16.7 Å². The largest absolute Gasteiger partial charge is 0.360 e. The van der Waals surface area contributed by atoms with Crippen LogP contribution in [0.2, 0.25) is 0 Å². The Kier molecular flexibility index (Phi) is 4.64. The van der Waals surface area contributed by atoms with Gasteiger partial charge in [-0.25, -0.2) is 4.39 Å². The molecule has 2 aromatic rings. The van der Waals surface area contributed by atoms with Crippen molar-refractivity contribution in [1.82, 2.24) is 10.2 Å². The van der Waals surface area contributed by atoms with E-state index in [1.165, 1.54) is 12.1 Å². The lowest BCUT2D eigenvalue weighted by Gasteiger charge is -1.98. The third-order valence-electron chi connectivity index (χ3n) is 2.54. The van der Waals surface area contributed by atoms with E-state index in [-0.39, 0.29) is 5.82 Å². The topological polar surface area (TPSA) is 37.8 Å². The van der Waals surface area contributed by atoms with Crippen LogP contribution in [0.1, 0.15) is 30.3 Å². The molecule has 1 N–H and O–H groups in total. The number of anilines is 1. The van der Waals surface area contributed by atoms with Crippen LogP contribution in [0.5, 0.6) is 0 Å². The van der Waals surface area contributed by atoms with E-state index in [0.29, 0.717) is 6.42 Å². The van der Waals surface area contributed by atoms with Gasteiger partial charge >= 0.3 is 0 Å². The molecule has 0 radical (unpaired) electrons. The number of nitrogens with one attached hydrogen (secondary N) is 1. The van der Waals surface area contributed by atoms with Gasteiger partial charge in [0.05, 0.1) is 0 Å². The summed E-state index contributed by atoms with van der Waals surface area (Å²) in [6.07, 6.45) is 2.99. The fourth-order valence-corrected chi connectivity index (χ4v) is 2.35. The van der Waals surface area contributed by atoms with Gasteiger partial charge in [-0.05, 0) is 24.1 Å². The van der Waals surface area contributed by atoms with E-state index in [0.717, 1.165) is 35.1 Å². The highest BCUT2D eigenvalue weighted by atomic mass is 32.1. The fraction of sp³-hybridized carbons (Fsp3) is 0.385. The predicted octanol–water partition coefficient (Wildman–Crippen LogP) is 3.48. The van der Waals surface area contributed by atoms with Gasteiger partial charge in [-0.2, -0.15) is 0 Å². The first kappa shape index (κ1) is 13.0. The van der Waals surface area contributed by atoms with E-state index in [1.54, 1.807) is 23.5 Å². The van der Waals surface area contributed by atoms with Crippen LogP contribution in [0.3, 0.4) is 0 Å². The van der Waals surface area contributed by atoms with Crippen LogP contribution in [0, 0.1) is 5.82 Å². The lowest BCUT2D eigenvalue weighted by Crippen LogP contribution is -1.99. The monoisotopic (exact) mass is 265 g/mol. The van der Waals surface area contributed by atoms with Crippen LogP contribution in [0.15, 0.2) is 24.3 Å². The summed E-state index contributed by atoms with van der Waals surface area (Å²) in [4.78, 5) is 0. The Morgan fingerprint density at radius 3 is 2.72 bits per heavy atom. The normalized spacial score (nSPS) is 10.6. The van der Waals surface area contributed by atoms with Crippen molar-refractivity contribution in [3.63, 3.8) is 0 Å². The van der Waals surface area contributed by atoms with Gasteiger partial charge in [-0.1, -0.05) is 36.8 Å². The van der Waals surface area contributed by atoms with Crippen molar-refractivity contribution in [2.75, 3.05) is 11.9 Å². The molecule has 0 aliphatic heterocycles. The summed E-state index contributed by atoms with van der Waals surface area (Å²) in [6, 6.07) is 6.50. The van der Waals surface area contributed by atoms with Crippen LogP contribution < -0.4 is 5.32 Å². The lowest BCUT2D eigenvalue weighted by molar-refractivity contribution is 0.627. The van der Waals surface area contributed by atoms with Crippen molar-refractivity contribution in [3.05, 3.63) is 40.7 Å². The van der Waals surface area contributed by atoms with Crippen molar-refractivity contribution in [3.8, 4) is 0 Å². The SMILES string of the molecule is CCCCNc1nnc(Cc2ccc(F)cc2)s1. The molecular weight excluding hydrogens is 249 g/mol. The number of aromatic nitrogens is 2. The predicted molar refractivity (Wildman–Crippen MR) is 72.5 cm³/mol. The number of halogens is 1. The summed E-state index contributed by atoms with van der Waals surface area (Å²) in [7, 11) is 0. The molecule has 1 aromatic heterocycles. The van der Waals surface area contributed by atoms with Gasteiger partial charge in [0.2, 0.25) is 5.13 Å². The second kappa shape index (κ2) is 6.44. The van der Waals surface area contributed by atoms with E-state index in [4.69, 9.17) is 0 Å². The first-order valence-electron chi connectivity index (χ1n) is 6.08. The van der Waals surface area contributed by atoms with Gasteiger partial charge in [-0.3, -0.25) is 0 Å². The highest BCUT2D eigenvalue weighted by Crippen LogP contribution is 2.18. The molecule has 0 saturated carbocycles. The maximum atomic E-state index is 12.8. The number of rotatable bonds is 6. The van der Waals surface area contributed by atoms with E-state index in [9.17, 15) is 4.39 Å². The van der Waals surface area contributed by atoms with Gasteiger partial charge in [0.1, 0.15) is 10.8 Å². The second-order valence-corrected chi connectivity index (χ2v) is 5.15. The molecule has 5 heteroatoms. The lowest BCUT2D eigenvalue weighted by atomic mass is 10.2. The number of benzene rings is 1. The molecule has 0 aliphatic rings. The fourth-order valence-electron chi connectivity index (χ4n) is 1.55. The Morgan fingerprint density at radius 1 is 1.22 bits per heavy atom. The highest BCUT2D eigenvalue weighted by molar-refractivity contribution is 7.15. The van der Waals surface area contributed by atoms with Crippen LogP contribution >= 0.6 is 11.3 Å². The van der Waals surface area contributed by atoms with E-state index < -0.39 is 0 Å². The third-order valence-corrected chi connectivity index (χ3v) is 3.42. The molecule has 18 heavy (non-hydrogen) atoms. The summed E-state index contributed by atoms with van der Waals surface area (Å²) >= 11 is 1.56. The molecule has 0 atom stereocenters. The van der Waals surface area contributed by atoms with Gasteiger partial charge in [0.25, 0.3) is 0 Å². The van der Waals surface area contributed by atoms with Gasteiger partial charge in [-0.15, -0.1) is 10.2 Å². The zero-order valence-corrected chi connectivity index (χ0v) is 11.1. The van der Waals surface area contributed by atoms with Crippen molar-refractivity contribution in [2.24, 2.45) is 0 Å². The minimum absolute atomic E-state index is 0.210. The summed E-state index contributed by atoms with van der Waals surface area (Å²) in [5, 5.41) is 13.3. The van der Waals surface area contributed by atoms with Crippen LogP contribution in [-0.2, 0) is 6.42 Å². The molecule has 0 amide bonds. The molecule has 3 nitrogen and oxygen atoms in total. The Balaban J connectivity index is 1.91. The smallest absolute Gasteiger partial charge is 0.205 e. The Labute approximate surface area is 110 Å². The van der Waals surface area contributed by atoms with Crippen LogP contribution in [0.4, 0.5) is 9.52 Å². The van der Waals surface area contributed by atoms with E-state index in [1.807, 2.05) is 0 Å². The summed E-state index contributed by atoms with van der Waals surface area (Å²) in [5.74, 6) is -0.210. The van der Waals surface area contributed by atoms with Gasteiger partial charge < -0.3 is 5.32 Å². The second-order valence-electron chi connectivity index (χ2n) is 4.08. The highest BCUT2D eigenvalue weighted by Gasteiger charge is 2.04. The summed E-state index contributed by atoms with van der Waals surface area (Å²) in [5.41, 5.74) is 1.05. The first-order chi connectivity index (χ1) is 8.78. The Morgan fingerprint density at radius 2 is 2.00 bits per heavy atom. The number of unbranched alkanes of at least 4 members (excludes halogenated alkanes) is 1. The molecule has 1 heterocycles. The van der Waals surface area contributed by atoms with Crippen molar-refractivity contribution >= 4 is 16.5 Å². The molecular formula is C13H16FN3S. The van der Waals surface area contributed by atoms with E-state index in [2.05, 4.69) is 22.4 Å². The average molecular weight is 265 g/mol. The third kappa shape index (κ3) is 3.77. The minimum Gasteiger partial charge on any atom is -0.360 e. The molecule has 0 bridgehead atoms. The zero-order chi connectivity index (χ0) is 12.8. The average Bonchev–Trinajstić information content (AvgIpc) is 2.80. The molecule has 0 aliphatic carbocycles. The summed E-state index contributed by atoms with van der Waals surface area (Å²) in [6.45, 7) is 3.09. The van der Waals surface area contributed by atoms with Crippen molar-refractivity contribution in [1.29, 1.82) is 0 Å². The zero-order valence-electron chi connectivity index (χ0n) is 10.3. The van der Waals surface area contributed by atoms with E-state index >= 15 is 0 Å². The molecule has 0 fully saturated rings.